The topological polar surface area (TPSA) is 81.4 Å². The fourth-order valence-electron chi connectivity index (χ4n) is 2.95. The van der Waals surface area contributed by atoms with E-state index in [2.05, 4.69) is 10.3 Å². The number of nitrogens with one attached hydrogen (secondary N) is 1. The van der Waals surface area contributed by atoms with Crippen LogP contribution < -0.4 is 15.7 Å². The predicted molar refractivity (Wildman–Crippen MR) is 112 cm³/mol. The van der Waals surface area contributed by atoms with E-state index in [0.29, 0.717) is 23.3 Å². The van der Waals surface area contributed by atoms with Gasteiger partial charge in [-0.2, -0.15) is 0 Å². The Morgan fingerprint density at radius 1 is 1.17 bits per heavy atom. The largest absolute Gasteiger partial charge is 0.494 e. The third-order valence-electron chi connectivity index (χ3n) is 4.27. The molecule has 2 aromatic carbocycles. The highest BCUT2D eigenvalue weighted by atomic mass is 32.1. The van der Waals surface area contributed by atoms with Crippen molar-refractivity contribution >= 4 is 28.2 Å². The van der Waals surface area contributed by atoms with Gasteiger partial charge in [-0.05, 0) is 19.1 Å². The summed E-state index contributed by atoms with van der Waals surface area (Å²) in [5, 5.41) is 6.19. The van der Waals surface area contributed by atoms with Gasteiger partial charge in [0.2, 0.25) is 0 Å². The van der Waals surface area contributed by atoms with Gasteiger partial charge in [0.05, 0.1) is 24.4 Å². The number of ether oxygens (including phenoxy) is 1. The first-order valence-corrected chi connectivity index (χ1v) is 10.0. The van der Waals surface area contributed by atoms with Crippen LogP contribution in [-0.2, 0) is 6.54 Å². The molecule has 0 aliphatic rings. The van der Waals surface area contributed by atoms with Gasteiger partial charge in [-0.15, -0.1) is 11.3 Å². The van der Waals surface area contributed by atoms with Crippen molar-refractivity contribution in [2.24, 2.45) is 0 Å². The molecule has 1 N–H and O–H groups in total. The second-order valence-corrected chi connectivity index (χ2v) is 7.12. The van der Waals surface area contributed by atoms with E-state index in [0.717, 1.165) is 16.3 Å². The van der Waals surface area contributed by atoms with Crippen LogP contribution in [0.25, 0.3) is 21.5 Å². The lowest BCUT2D eigenvalue weighted by atomic mass is 10.1. The molecule has 0 unspecified atom stereocenters. The third-order valence-corrected chi connectivity index (χ3v) is 5.21. The lowest BCUT2D eigenvalue weighted by molar-refractivity contribution is 0.0951. The van der Waals surface area contributed by atoms with Gasteiger partial charge >= 0.3 is 5.63 Å². The number of aromatic nitrogens is 1. The van der Waals surface area contributed by atoms with Crippen LogP contribution in [0.4, 0.5) is 0 Å². The molecule has 6 nitrogen and oxygen atoms in total. The van der Waals surface area contributed by atoms with Gasteiger partial charge in [0.25, 0.3) is 5.91 Å². The van der Waals surface area contributed by atoms with Crippen molar-refractivity contribution in [1.29, 1.82) is 0 Å². The van der Waals surface area contributed by atoms with E-state index in [1.165, 1.54) is 17.4 Å². The minimum Gasteiger partial charge on any atom is -0.494 e. The Morgan fingerprint density at radius 2 is 2.00 bits per heavy atom. The maximum atomic E-state index is 12.7. The van der Waals surface area contributed by atoms with Gasteiger partial charge in [-0.25, -0.2) is 9.78 Å². The third kappa shape index (κ3) is 4.20. The van der Waals surface area contributed by atoms with Crippen molar-refractivity contribution in [3.05, 3.63) is 81.7 Å². The fraction of sp³-hybridized carbons (Fsp3) is 0.136. The molecule has 0 spiro atoms. The summed E-state index contributed by atoms with van der Waals surface area (Å²) in [6.07, 6.45) is 0. The number of amides is 1. The minimum absolute atomic E-state index is 0.262. The van der Waals surface area contributed by atoms with Crippen LogP contribution in [0.15, 0.2) is 69.2 Å². The van der Waals surface area contributed by atoms with Gasteiger partial charge in [0.1, 0.15) is 16.3 Å². The standard InChI is InChI=1S/C22H18N2O4S/c1-2-27-16-8-9-17-18(11-20(25)28-19(17)10-16)21(26)23-12-15-13-29-22(24-15)14-6-4-3-5-7-14/h3-11,13H,2,12H2,1H3,(H,23,26). The number of hydrogen-bond acceptors (Lipinski definition) is 6. The molecule has 7 heteroatoms. The quantitative estimate of drug-likeness (QED) is 0.484. The molecule has 29 heavy (non-hydrogen) atoms. The Bertz CT molecular complexity index is 1210. The molecule has 146 valence electrons. The normalized spacial score (nSPS) is 10.8. The summed E-state index contributed by atoms with van der Waals surface area (Å²) in [5.74, 6) is 0.220. The number of benzene rings is 2. The maximum absolute atomic E-state index is 12.7. The number of hydrogen-bond donors (Lipinski definition) is 1. The predicted octanol–water partition coefficient (Wildman–Crippen LogP) is 4.25. The smallest absolute Gasteiger partial charge is 0.337 e. The monoisotopic (exact) mass is 406 g/mol. The molecule has 4 aromatic rings. The van der Waals surface area contributed by atoms with Crippen LogP contribution in [0.1, 0.15) is 23.0 Å². The average Bonchev–Trinajstić information content (AvgIpc) is 3.21. The molecule has 0 aliphatic heterocycles. The summed E-state index contributed by atoms with van der Waals surface area (Å²) < 4.78 is 10.7. The van der Waals surface area contributed by atoms with Crippen LogP contribution in [0.5, 0.6) is 5.75 Å². The number of carbonyl (C=O) groups excluding carboxylic acids is 1. The van der Waals surface area contributed by atoms with E-state index in [-0.39, 0.29) is 18.0 Å². The van der Waals surface area contributed by atoms with Gasteiger partial charge in [-0.1, -0.05) is 30.3 Å². The number of fused-ring (bicyclic) bond motifs is 1. The molecule has 4 rings (SSSR count). The molecule has 2 aromatic heterocycles. The summed E-state index contributed by atoms with van der Waals surface area (Å²) in [4.78, 5) is 29.2. The van der Waals surface area contributed by atoms with Crippen LogP contribution >= 0.6 is 11.3 Å². The summed E-state index contributed by atoms with van der Waals surface area (Å²) in [6.45, 7) is 2.63. The fourth-order valence-corrected chi connectivity index (χ4v) is 3.78. The molecule has 0 aliphatic carbocycles. The first-order valence-electron chi connectivity index (χ1n) is 9.13. The second kappa shape index (κ2) is 8.28. The zero-order valence-electron chi connectivity index (χ0n) is 15.7. The molecule has 0 saturated carbocycles. The van der Waals surface area contributed by atoms with Gasteiger partial charge in [0.15, 0.2) is 0 Å². The van der Waals surface area contributed by atoms with Crippen LogP contribution in [0, 0.1) is 0 Å². The molecule has 0 atom stereocenters. The zero-order valence-corrected chi connectivity index (χ0v) is 16.5. The van der Waals surface area contributed by atoms with Crippen LogP contribution in [-0.4, -0.2) is 17.5 Å². The average molecular weight is 406 g/mol. The van der Waals surface area contributed by atoms with E-state index in [9.17, 15) is 9.59 Å². The molecular weight excluding hydrogens is 388 g/mol. The highest BCUT2D eigenvalue weighted by Crippen LogP contribution is 2.24. The van der Waals surface area contributed by atoms with Crippen LogP contribution in [0.3, 0.4) is 0 Å². The molecule has 0 fully saturated rings. The summed E-state index contributed by atoms with van der Waals surface area (Å²) in [7, 11) is 0. The number of rotatable bonds is 6. The first-order chi connectivity index (χ1) is 14.1. The van der Waals surface area contributed by atoms with Gasteiger partial charge < -0.3 is 14.5 Å². The highest BCUT2D eigenvalue weighted by Gasteiger charge is 2.14. The number of thiazole rings is 1. The second-order valence-electron chi connectivity index (χ2n) is 6.26. The van der Waals surface area contributed by atoms with E-state index in [1.807, 2.05) is 42.6 Å². The zero-order chi connectivity index (χ0) is 20.2. The first kappa shape index (κ1) is 18.9. The molecule has 1 amide bonds. The summed E-state index contributed by atoms with van der Waals surface area (Å²) in [6, 6.07) is 16.1. The van der Waals surface area contributed by atoms with Crippen molar-refractivity contribution in [2.75, 3.05) is 6.61 Å². The number of carbonyl (C=O) groups is 1. The van der Waals surface area contributed by atoms with E-state index in [1.54, 1.807) is 18.2 Å². The van der Waals surface area contributed by atoms with Crippen molar-refractivity contribution in [2.45, 2.75) is 13.5 Å². The van der Waals surface area contributed by atoms with E-state index >= 15 is 0 Å². The SMILES string of the molecule is CCOc1ccc2c(C(=O)NCc3csc(-c4ccccc4)n3)cc(=O)oc2c1. The van der Waals surface area contributed by atoms with Gasteiger partial charge in [0, 0.05) is 28.5 Å². The summed E-state index contributed by atoms with van der Waals surface area (Å²) in [5.41, 5.74) is 1.78. The highest BCUT2D eigenvalue weighted by molar-refractivity contribution is 7.13. The van der Waals surface area contributed by atoms with Crippen molar-refractivity contribution in [3.8, 4) is 16.3 Å². The minimum atomic E-state index is -0.587. The molecule has 0 bridgehead atoms. The van der Waals surface area contributed by atoms with Crippen LogP contribution in [0.2, 0.25) is 0 Å². The Balaban J connectivity index is 1.54. The van der Waals surface area contributed by atoms with E-state index < -0.39 is 5.63 Å². The lowest BCUT2D eigenvalue weighted by Crippen LogP contribution is -2.24. The van der Waals surface area contributed by atoms with Crippen molar-refractivity contribution in [1.82, 2.24) is 10.3 Å². The molecular formula is C22H18N2O4S. The maximum Gasteiger partial charge on any atom is 0.337 e. The van der Waals surface area contributed by atoms with E-state index in [4.69, 9.17) is 9.15 Å². The summed E-state index contributed by atoms with van der Waals surface area (Å²) >= 11 is 1.52. The Labute approximate surface area is 170 Å². The Kier molecular flexibility index (Phi) is 5.39. The van der Waals surface area contributed by atoms with Crippen molar-refractivity contribution in [3.63, 3.8) is 0 Å². The van der Waals surface area contributed by atoms with Crippen molar-refractivity contribution < 1.29 is 13.9 Å². The Hall–Kier alpha value is -3.45. The molecule has 2 heterocycles. The Morgan fingerprint density at radius 3 is 2.79 bits per heavy atom. The van der Waals surface area contributed by atoms with Gasteiger partial charge in [-0.3, -0.25) is 4.79 Å². The molecule has 0 saturated heterocycles. The lowest BCUT2D eigenvalue weighted by Gasteiger charge is -2.08. The molecule has 0 radical (unpaired) electrons. The number of nitrogens with zero attached hydrogens (tertiary/aromatic N) is 1.